The minimum Gasteiger partial charge on any atom is -0.304 e. The molecule has 0 amide bonds. The average Bonchev–Trinajstić information content (AvgIpc) is 2.35. The van der Waals surface area contributed by atoms with E-state index in [1.807, 2.05) is 18.2 Å². The molecular formula is C13H19Cl2N3. The first-order valence-corrected chi connectivity index (χ1v) is 6.97. The van der Waals surface area contributed by atoms with Gasteiger partial charge in [-0.15, -0.1) is 0 Å². The zero-order chi connectivity index (χ0) is 13.1. The number of halogens is 2. The molecule has 3 nitrogen and oxygen atoms in total. The first kappa shape index (κ1) is 14.1. The molecule has 1 aromatic carbocycles. The Kier molecular flexibility index (Phi) is 4.87. The molecule has 0 spiro atoms. The van der Waals surface area contributed by atoms with Gasteiger partial charge in [0.25, 0.3) is 0 Å². The maximum absolute atomic E-state index is 6.23. The van der Waals surface area contributed by atoms with Gasteiger partial charge in [0.2, 0.25) is 0 Å². The predicted octanol–water partition coefficient (Wildman–Crippen LogP) is 2.81. The van der Waals surface area contributed by atoms with Crippen molar-refractivity contribution >= 4 is 23.2 Å². The molecule has 1 saturated heterocycles. The summed E-state index contributed by atoms with van der Waals surface area (Å²) in [6.07, 6.45) is 0. The van der Waals surface area contributed by atoms with E-state index in [-0.39, 0.29) is 6.04 Å². The molecule has 18 heavy (non-hydrogen) atoms. The lowest BCUT2D eigenvalue weighted by molar-refractivity contribution is 0.0899. The largest absolute Gasteiger partial charge is 0.304 e. The maximum atomic E-state index is 6.23. The molecule has 1 N–H and O–H groups in total. The quantitative estimate of drug-likeness (QED) is 0.922. The molecule has 1 unspecified atom stereocenters. The van der Waals surface area contributed by atoms with Crippen molar-refractivity contribution in [2.75, 3.05) is 33.2 Å². The van der Waals surface area contributed by atoms with E-state index < -0.39 is 0 Å². The highest BCUT2D eigenvalue weighted by Gasteiger charge is 2.18. The van der Waals surface area contributed by atoms with Gasteiger partial charge in [0, 0.05) is 32.2 Å². The standard InChI is InChI=1S/C13H19Cl2N3/c1-10(11-4-3-5-12(14)13(11)15)16-18-8-6-17(2)7-9-18/h3-5,10,16H,6-9H2,1-2H3. The van der Waals surface area contributed by atoms with Gasteiger partial charge in [0.05, 0.1) is 10.0 Å². The maximum Gasteiger partial charge on any atom is 0.0640 e. The van der Waals surface area contributed by atoms with Gasteiger partial charge in [-0.05, 0) is 25.6 Å². The van der Waals surface area contributed by atoms with Crippen molar-refractivity contribution in [2.24, 2.45) is 0 Å². The molecule has 1 heterocycles. The molecule has 2 rings (SSSR count). The van der Waals surface area contributed by atoms with E-state index in [1.165, 1.54) is 0 Å². The Bertz CT molecular complexity index is 403. The molecule has 1 aromatic rings. The van der Waals surface area contributed by atoms with Crippen molar-refractivity contribution in [2.45, 2.75) is 13.0 Å². The van der Waals surface area contributed by atoms with Crippen molar-refractivity contribution < 1.29 is 0 Å². The third-order valence-electron chi connectivity index (χ3n) is 3.33. The molecule has 100 valence electrons. The number of nitrogens with zero attached hydrogens (tertiary/aromatic N) is 2. The van der Waals surface area contributed by atoms with Crippen LogP contribution in [0.1, 0.15) is 18.5 Å². The summed E-state index contributed by atoms with van der Waals surface area (Å²) in [5.74, 6) is 0. The monoisotopic (exact) mass is 287 g/mol. The Morgan fingerprint density at radius 3 is 2.50 bits per heavy atom. The van der Waals surface area contributed by atoms with Gasteiger partial charge in [-0.25, -0.2) is 10.4 Å². The fourth-order valence-corrected chi connectivity index (χ4v) is 2.61. The Labute approximate surface area is 119 Å². The Balaban J connectivity index is 1.99. The minimum atomic E-state index is 0.166. The van der Waals surface area contributed by atoms with Crippen LogP contribution in [-0.2, 0) is 0 Å². The van der Waals surface area contributed by atoms with E-state index in [0.717, 1.165) is 31.7 Å². The first-order valence-electron chi connectivity index (χ1n) is 6.21. The zero-order valence-electron chi connectivity index (χ0n) is 10.8. The summed E-state index contributed by atoms with van der Waals surface area (Å²) in [6, 6.07) is 5.93. The fourth-order valence-electron chi connectivity index (χ4n) is 2.13. The van der Waals surface area contributed by atoms with E-state index in [2.05, 4.69) is 29.3 Å². The van der Waals surface area contributed by atoms with Crippen LogP contribution in [-0.4, -0.2) is 43.1 Å². The highest BCUT2D eigenvalue weighted by Crippen LogP contribution is 2.29. The Morgan fingerprint density at radius 2 is 1.83 bits per heavy atom. The number of likely N-dealkylation sites (N-methyl/N-ethyl adjacent to an activating group) is 1. The number of piperazine rings is 1. The zero-order valence-corrected chi connectivity index (χ0v) is 12.3. The van der Waals surface area contributed by atoms with Crippen LogP contribution in [0.4, 0.5) is 0 Å². The predicted molar refractivity (Wildman–Crippen MR) is 77.1 cm³/mol. The topological polar surface area (TPSA) is 18.5 Å². The Morgan fingerprint density at radius 1 is 1.17 bits per heavy atom. The molecule has 1 aliphatic heterocycles. The molecule has 1 fully saturated rings. The lowest BCUT2D eigenvalue weighted by atomic mass is 10.1. The summed E-state index contributed by atoms with van der Waals surface area (Å²) in [5, 5.41) is 3.51. The normalized spacial score (nSPS) is 20.0. The number of nitrogens with one attached hydrogen (secondary N) is 1. The van der Waals surface area contributed by atoms with Crippen LogP contribution >= 0.6 is 23.2 Å². The van der Waals surface area contributed by atoms with Gasteiger partial charge in [0.1, 0.15) is 0 Å². The molecular weight excluding hydrogens is 269 g/mol. The Hall–Kier alpha value is -0.320. The van der Waals surface area contributed by atoms with E-state index in [9.17, 15) is 0 Å². The minimum absolute atomic E-state index is 0.166. The molecule has 0 bridgehead atoms. The van der Waals surface area contributed by atoms with E-state index >= 15 is 0 Å². The lowest BCUT2D eigenvalue weighted by Gasteiger charge is -2.34. The van der Waals surface area contributed by atoms with Crippen LogP contribution in [0.3, 0.4) is 0 Å². The van der Waals surface area contributed by atoms with Crippen LogP contribution in [0.25, 0.3) is 0 Å². The van der Waals surface area contributed by atoms with Crippen LogP contribution in [0.5, 0.6) is 0 Å². The van der Waals surface area contributed by atoms with Gasteiger partial charge in [-0.2, -0.15) is 0 Å². The summed E-state index contributed by atoms with van der Waals surface area (Å²) in [6.45, 7) is 6.33. The summed E-state index contributed by atoms with van der Waals surface area (Å²) < 4.78 is 0. The highest BCUT2D eigenvalue weighted by atomic mass is 35.5. The van der Waals surface area contributed by atoms with E-state index in [4.69, 9.17) is 23.2 Å². The molecule has 1 atom stereocenters. The van der Waals surface area contributed by atoms with Crippen LogP contribution in [0.2, 0.25) is 10.0 Å². The van der Waals surface area contributed by atoms with Crippen molar-refractivity contribution in [1.29, 1.82) is 0 Å². The fraction of sp³-hybridized carbons (Fsp3) is 0.538. The lowest BCUT2D eigenvalue weighted by Crippen LogP contribution is -2.51. The van der Waals surface area contributed by atoms with Gasteiger partial charge >= 0.3 is 0 Å². The van der Waals surface area contributed by atoms with Crippen LogP contribution < -0.4 is 5.43 Å². The second-order valence-corrected chi connectivity index (χ2v) is 5.57. The highest BCUT2D eigenvalue weighted by molar-refractivity contribution is 6.42. The summed E-state index contributed by atoms with van der Waals surface area (Å²) >= 11 is 12.3. The van der Waals surface area contributed by atoms with Crippen molar-refractivity contribution in [1.82, 2.24) is 15.3 Å². The summed E-state index contributed by atoms with van der Waals surface area (Å²) in [5.41, 5.74) is 4.53. The van der Waals surface area contributed by atoms with Crippen molar-refractivity contribution in [3.63, 3.8) is 0 Å². The van der Waals surface area contributed by atoms with Crippen molar-refractivity contribution in [3.05, 3.63) is 33.8 Å². The number of benzene rings is 1. The third kappa shape index (κ3) is 3.37. The van der Waals surface area contributed by atoms with Crippen LogP contribution in [0.15, 0.2) is 18.2 Å². The second kappa shape index (κ2) is 6.22. The molecule has 0 saturated carbocycles. The number of hydrazine groups is 1. The average molecular weight is 288 g/mol. The van der Waals surface area contributed by atoms with Crippen LogP contribution in [0, 0.1) is 0 Å². The third-order valence-corrected chi connectivity index (χ3v) is 4.16. The number of hydrogen-bond donors (Lipinski definition) is 1. The van der Waals surface area contributed by atoms with Gasteiger partial charge in [0.15, 0.2) is 0 Å². The first-order chi connectivity index (χ1) is 8.58. The SMILES string of the molecule is CC(NN1CCN(C)CC1)c1cccc(Cl)c1Cl. The van der Waals surface area contributed by atoms with Gasteiger partial charge in [-0.1, -0.05) is 35.3 Å². The van der Waals surface area contributed by atoms with Gasteiger partial charge < -0.3 is 4.90 Å². The summed E-state index contributed by atoms with van der Waals surface area (Å²) in [7, 11) is 2.15. The number of rotatable bonds is 3. The smallest absolute Gasteiger partial charge is 0.0640 e. The molecule has 0 aromatic heterocycles. The van der Waals surface area contributed by atoms with Crippen molar-refractivity contribution in [3.8, 4) is 0 Å². The van der Waals surface area contributed by atoms with E-state index in [1.54, 1.807) is 0 Å². The van der Waals surface area contributed by atoms with E-state index in [0.29, 0.717) is 10.0 Å². The second-order valence-electron chi connectivity index (χ2n) is 4.78. The molecule has 0 aliphatic carbocycles. The summed E-state index contributed by atoms with van der Waals surface area (Å²) in [4.78, 5) is 2.33. The van der Waals surface area contributed by atoms with Gasteiger partial charge in [-0.3, -0.25) is 0 Å². The molecule has 1 aliphatic rings. The molecule has 0 radical (unpaired) electrons. The molecule has 5 heteroatoms. The number of hydrogen-bond acceptors (Lipinski definition) is 3.